The molecule has 0 aliphatic heterocycles. The fourth-order valence-corrected chi connectivity index (χ4v) is 1.89. The van der Waals surface area contributed by atoms with Gasteiger partial charge in [0.25, 0.3) is 0 Å². The Morgan fingerprint density at radius 2 is 1.81 bits per heavy atom. The molecular formula is C16H24N2O3. The highest BCUT2D eigenvalue weighted by Crippen LogP contribution is 2.10. The van der Waals surface area contributed by atoms with Crippen LogP contribution in [-0.4, -0.2) is 24.6 Å². The Hall–Kier alpha value is -2.04. The van der Waals surface area contributed by atoms with Gasteiger partial charge in [-0.2, -0.15) is 0 Å². The molecule has 1 unspecified atom stereocenters. The molecule has 5 nitrogen and oxygen atoms in total. The van der Waals surface area contributed by atoms with Gasteiger partial charge in [-0.3, -0.25) is 0 Å². The summed E-state index contributed by atoms with van der Waals surface area (Å²) < 4.78 is 4.99. The minimum atomic E-state index is -0.629. The monoisotopic (exact) mass is 292 g/mol. The van der Waals surface area contributed by atoms with Gasteiger partial charge in [-0.25, -0.2) is 9.59 Å². The lowest BCUT2D eigenvalue weighted by Gasteiger charge is -2.19. The fraction of sp³-hybridized carbons (Fsp3) is 0.500. The maximum Gasteiger partial charge on any atom is 0.328 e. The molecule has 0 fully saturated rings. The topological polar surface area (TPSA) is 67.4 Å². The van der Waals surface area contributed by atoms with Gasteiger partial charge in [-0.05, 0) is 38.3 Å². The normalized spacial score (nSPS) is 11.9. The van der Waals surface area contributed by atoms with Gasteiger partial charge in [0.1, 0.15) is 6.04 Å². The molecule has 2 amide bonds. The molecule has 0 aromatic heterocycles. The lowest BCUT2D eigenvalue weighted by molar-refractivity contribution is -0.145. The number of benzene rings is 1. The van der Waals surface area contributed by atoms with E-state index in [2.05, 4.69) is 10.6 Å². The SMILES string of the molecule is CCOC(=O)C(CC(C)C)NC(=O)Nc1ccc(C)cc1. The highest BCUT2D eigenvalue weighted by atomic mass is 16.5. The predicted octanol–water partition coefficient (Wildman–Crippen LogP) is 3.09. The zero-order valence-corrected chi connectivity index (χ0v) is 13.1. The summed E-state index contributed by atoms with van der Waals surface area (Å²) in [5.74, 6) is -0.121. The van der Waals surface area contributed by atoms with Crippen molar-refractivity contribution in [1.29, 1.82) is 0 Å². The number of carbonyl (C=O) groups excluding carboxylic acids is 2. The average Bonchev–Trinajstić information content (AvgIpc) is 2.40. The molecule has 0 radical (unpaired) electrons. The van der Waals surface area contributed by atoms with Gasteiger partial charge in [0.2, 0.25) is 0 Å². The standard InChI is InChI=1S/C16H24N2O3/c1-5-21-15(19)14(10-11(2)3)18-16(20)17-13-8-6-12(4)7-9-13/h6-9,11,14H,5,10H2,1-4H3,(H2,17,18,20). The number of carbonyl (C=O) groups is 2. The van der Waals surface area contributed by atoms with E-state index >= 15 is 0 Å². The van der Waals surface area contributed by atoms with E-state index < -0.39 is 18.0 Å². The van der Waals surface area contributed by atoms with Crippen LogP contribution in [0.2, 0.25) is 0 Å². The van der Waals surface area contributed by atoms with E-state index in [-0.39, 0.29) is 5.92 Å². The molecule has 0 aliphatic carbocycles. The van der Waals surface area contributed by atoms with E-state index in [0.29, 0.717) is 18.7 Å². The quantitative estimate of drug-likeness (QED) is 0.792. The van der Waals surface area contributed by atoms with Crippen LogP contribution in [0.4, 0.5) is 10.5 Å². The summed E-state index contributed by atoms with van der Waals surface area (Å²) in [6.45, 7) is 8.01. The van der Waals surface area contributed by atoms with E-state index in [9.17, 15) is 9.59 Å². The van der Waals surface area contributed by atoms with Crippen molar-refractivity contribution in [2.75, 3.05) is 11.9 Å². The van der Waals surface area contributed by atoms with Gasteiger partial charge in [0.15, 0.2) is 0 Å². The third-order valence-electron chi connectivity index (χ3n) is 2.89. The number of aryl methyl sites for hydroxylation is 1. The minimum Gasteiger partial charge on any atom is -0.464 e. The van der Waals surface area contributed by atoms with Crippen LogP contribution in [0.1, 0.15) is 32.8 Å². The molecule has 116 valence electrons. The Kier molecular flexibility index (Phi) is 6.72. The first-order chi connectivity index (χ1) is 9.92. The van der Waals surface area contributed by atoms with Crippen LogP contribution in [0.5, 0.6) is 0 Å². The minimum absolute atomic E-state index is 0.277. The zero-order chi connectivity index (χ0) is 15.8. The van der Waals surface area contributed by atoms with Crippen LogP contribution in [0, 0.1) is 12.8 Å². The largest absolute Gasteiger partial charge is 0.464 e. The van der Waals surface area contributed by atoms with Gasteiger partial charge >= 0.3 is 12.0 Å². The zero-order valence-electron chi connectivity index (χ0n) is 13.1. The maximum absolute atomic E-state index is 12.0. The second kappa shape index (κ2) is 8.29. The van der Waals surface area contributed by atoms with Crippen LogP contribution in [-0.2, 0) is 9.53 Å². The second-order valence-corrected chi connectivity index (χ2v) is 5.40. The van der Waals surface area contributed by atoms with E-state index in [4.69, 9.17) is 4.74 Å². The summed E-state index contributed by atoms with van der Waals surface area (Å²) in [5, 5.41) is 5.38. The van der Waals surface area contributed by atoms with Gasteiger partial charge < -0.3 is 15.4 Å². The molecule has 5 heteroatoms. The van der Waals surface area contributed by atoms with Crippen LogP contribution in [0.3, 0.4) is 0 Å². The van der Waals surface area contributed by atoms with Crippen molar-refractivity contribution >= 4 is 17.7 Å². The van der Waals surface area contributed by atoms with Crippen LogP contribution >= 0.6 is 0 Å². The number of rotatable bonds is 6. The van der Waals surface area contributed by atoms with Gasteiger partial charge in [-0.15, -0.1) is 0 Å². The second-order valence-electron chi connectivity index (χ2n) is 5.40. The van der Waals surface area contributed by atoms with Crippen molar-refractivity contribution in [2.45, 2.75) is 40.2 Å². The van der Waals surface area contributed by atoms with Crippen molar-refractivity contribution in [3.8, 4) is 0 Å². The molecule has 21 heavy (non-hydrogen) atoms. The number of hydrogen-bond acceptors (Lipinski definition) is 3. The number of ether oxygens (including phenoxy) is 1. The van der Waals surface area contributed by atoms with Crippen LogP contribution in [0.15, 0.2) is 24.3 Å². The Balaban J connectivity index is 2.62. The summed E-state index contributed by atoms with van der Waals surface area (Å²) in [6.07, 6.45) is 0.542. The van der Waals surface area contributed by atoms with Crippen LogP contribution in [0.25, 0.3) is 0 Å². The lowest BCUT2D eigenvalue weighted by Crippen LogP contribution is -2.44. The highest BCUT2D eigenvalue weighted by Gasteiger charge is 2.23. The Bertz CT molecular complexity index is 469. The third-order valence-corrected chi connectivity index (χ3v) is 2.89. The summed E-state index contributed by atoms with van der Waals surface area (Å²) >= 11 is 0. The van der Waals surface area contributed by atoms with Crippen molar-refractivity contribution in [3.63, 3.8) is 0 Å². The lowest BCUT2D eigenvalue weighted by atomic mass is 10.0. The first-order valence-corrected chi connectivity index (χ1v) is 7.23. The molecular weight excluding hydrogens is 268 g/mol. The van der Waals surface area contributed by atoms with Gasteiger partial charge in [0.05, 0.1) is 6.61 Å². The smallest absolute Gasteiger partial charge is 0.328 e. The fourth-order valence-electron chi connectivity index (χ4n) is 1.89. The van der Waals surface area contributed by atoms with E-state index in [1.165, 1.54) is 0 Å². The summed E-state index contributed by atoms with van der Waals surface area (Å²) in [5.41, 5.74) is 1.80. The average molecular weight is 292 g/mol. The number of hydrogen-bond donors (Lipinski definition) is 2. The maximum atomic E-state index is 12.0. The van der Waals surface area contributed by atoms with Crippen molar-refractivity contribution in [2.24, 2.45) is 5.92 Å². The van der Waals surface area contributed by atoms with Crippen molar-refractivity contribution < 1.29 is 14.3 Å². The molecule has 0 saturated heterocycles. The molecule has 0 saturated carbocycles. The Morgan fingerprint density at radius 1 is 1.19 bits per heavy atom. The highest BCUT2D eigenvalue weighted by molar-refractivity contribution is 5.92. The molecule has 1 aromatic rings. The Morgan fingerprint density at radius 3 is 2.33 bits per heavy atom. The molecule has 1 rings (SSSR count). The first kappa shape index (κ1) is 17.0. The van der Waals surface area contributed by atoms with E-state index in [1.807, 2.05) is 45.0 Å². The molecule has 0 bridgehead atoms. The number of anilines is 1. The summed E-state index contributed by atoms with van der Waals surface area (Å²) in [6, 6.07) is 6.42. The Labute approximate surface area is 126 Å². The third kappa shape index (κ3) is 6.29. The summed E-state index contributed by atoms with van der Waals surface area (Å²) in [7, 11) is 0. The summed E-state index contributed by atoms with van der Waals surface area (Å²) in [4.78, 5) is 23.8. The first-order valence-electron chi connectivity index (χ1n) is 7.23. The molecule has 0 heterocycles. The molecule has 1 atom stereocenters. The van der Waals surface area contributed by atoms with E-state index in [0.717, 1.165) is 5.56 Å². The molecule has 0 spiro atoms. The number of amides is 2. The predicted molar refractivity (Wildman–Crippen MR) is 83.2 cm³/mol. The van der Waals surface area contributed by atoms with Gasteiger partial charge in [-0.1, -0.05) is 31.5 Å². The van der Waals surface area contributed by atoms with Gasteiger partial charge in [0, 0.05) is 5.69 Å². The molecule has 0 aliphatic rings. The number of urea groups is 1. The molecule has 2 N–H and O–H groups in total. The van der Waals surface area contributed by atoms with Crippen LogP contribution < -0.4 is 10.6 Å². The molecule has 1 aromatic carbocycles. The number of nitrogens with one attached hydrogen (secondary N) is 2. The van der Waals surface area contributed by atoms with Crippen molar-refractivity contribution in [1.82, 2.24) is 5.32 Å². The number of esters is 1. The van der Waals surface area contributed by atoms with E-state index in [1.54, 1.807) is 6.92 Å². The van der Waals surface area contributed by atoms with Crippen molar-refractivity contribution in [3.05, 3.63) is 29.8 Å².